The maximum absolute atomic E-state index is 12.1. The van der Waals surface area contributed by atoms with Gasteiger partial charge in [0.25, 0.3) is 0 Å². The van der Waals surface area contributed by atoms with Crippen LogP contribution in [0, 0.1) is 5.92 Å². The molecule has 7 heteroatoms. The van der Waals surface area contributed by atoms with Crippen LogP contribution in [-0.2, 0) is 11.8 Å². The molecule has 0 bridgehead atoms. The number of nitrogens with zero attached hydrogens (tertiary/aromatic N) is 4. The van der Waals surface area contributed by atoms with Gasteiger partial charge in [-0.1, -0.05) is 35.5 Å². The third-order valence-corrected chi connectivity index (χ3v) is 5.26. The molecular formula is C16H19ClN4OS. The van der Waals surface area contributed by atoms with E-state index >= 15 is 0 Å². The van der Waals surface area contributed by atoms with Crippen LogP contribution >= 0.6 is 23.4 Å². The highest BCUT2D eigenvalue weighted by atomic mass is 35.5. The van der Waals surface area contributed by atoms with Gasteiger partial charge in [-0.2, -0.15) is 0 Å². The Morgan fingerprint density at radius 2 is 2.13 bits per heavy atom. The summed E-state index contributed by atoms with van der Waals surface area (Å²) in [7, 11) is 3.76. The lowest BCUT2D eigenvalue weighted by Crippen LogP contribution is -2.30. The highest BCUT2D eigenvalue weighted by Gasteiger charge is 2.25. The molecule has 0 aliphatic heterocycles. The van der Waals surface area contributed by atoms with E-state index in [1.807, 2.05) is 47.8 Å². The lowest BCUT2D eigenvalue weighted by Gasteiger charge is -2.16. The van der Waals surface area contributed by atoms with E-state index in [0.717, 1.165) is 12.1 Å². The lowest BCUT2D eigenvalue weighted by atomic mass is 10.2. The summed E-state index contributed by atoms with van der Waals surface area (Å²) in [4.78, 5) is 14.0. The van der Waals surface area contributed by atoms with Gasteiger partial charge in [0.15, 0.2) is 11.0 Å². The zero-order valence-corrected chi connectivity index (χ0v) is 14.8. The molecule has 3 rings (SSSR count). The summed E-state index contributed by atoms with van der Waals surface area (Å²) in [5.74, 6) is 1.91. The predicted molar refractivity (Wildman–Crippen MR) is 92.5 cm³/mol. The van der Waals surface area contributed by atoms with Gasteiger partial charge in [0.1, 0.15) is 0 Å². The second-order valence-electron chi connectivity index (χ2n) is 5.85. The monoisotopic (exact) mass is 350 g/mol. The first-order chi connectivity index (χ1) is 11.1. The van der Waals surface area contributed by atoms with Crippen LogP contribution < -0.4 is 0 Å². The Morgan fingerprint density at radius 1 is 1.39 bits per heavy atom. The second-order valence-corrected chi connectivity index (χ2v) is 7.20. The van der Waals surface area contributed by atoms with Crippen molar-refractivity contribution >= 4 is 29.3 Å². The first-order valence-electron chi connectivity index (χ1n) is 7.57. The lowest BCUT2D eigenvalue weighted by molar-refractivity contribution is -0.127. The second kappa shape index (κ2) is 6.93. The van der Waals surface area contributed by atoms with Gasteiger partial charge in [0, 0.05) is 26.2 Å². The third kappa shape index (κ3) is 3.87. The normalized spacial score (nSPS) is 14.0. The van der Waals surface area contributed by atoms with E-state index in [4.69, 9.17) is 11.6 Å². The molecule has 1 aromatic carbocycles. The van der Waals surface area contributed by atoms with E-state index in [0.29, 0.717) is 27.7 Å². The maximum atomic E-state index is 12.1. The Kier molecular flexibility index (Phi) is 4.92. The molecule has 23 heavy (non-hydrogen) atoms. The highest BCUT2D eigenvalue weighted by Crippen LogP contribution is 2.30. The fraction of sp³-hybridized carbons (Fsp3) is 0.438. The number of amides is 1. The Labute approximate surface area is 145 Å². The van der Waals surface area contributed by atoms with Crippen LogP contribution in [0.1, 0.15) is 12.8 Å². The summed E-state index contributed by atoms with van der Waals surface area (Å²) < 4.78 is 1.88. The number of halogens is 1. The molecule has 1 aromatic heterocycles. The summed E-state index contributed by atoms with van der Waals surface area (Å²) in [5, 5.41) is 9.75. The molecular weight excluding hydrogens is 332 g/mol. The van der Waals surface area contributed by atoms with Crippen LogP contribution in [0.2, 0.25) is 5.02 Å². The zero-order valence-electron chi connectivity index (χ0n) is 13.2. The number of thioether (sulfide) groups is 1. The molecule has 1 heterocycles. The Bertz CT molecular complexity index is 714. The van der Waals surface area contributed by atoms with E-state index in [1.54, 1.807) is 0 Å². The smallest absolute Gasteiger partial charge is 0.232 e. The van der Waals surface area contributed by atoms with Crippen molar-refractivity contribution in [3.05, 3.63) is 29.3 Å². The summed E-state index contributed by atoms with van der Waals surface area (Å²) in [5.41, 5.74) is 0.841. The van der Waals surface area contributed by atoms with Gasteiger partial charge < -0.3 is 9.47 Å². The molecule has 0 radical (unpaired) electrons. The SMILES string of the molecule is CN(CC1CC1)C(=O)CSc1nnc(-c2ccccc2Cl)n1C. The Balaban J connectivity index is 1.65. The van der Waals surface area contributed by atoms with E-state index in [1.165, 1.54) is 24.6 Å². The van der Waals surface area contributed by atoms with E-state index in [-0.39, 0.29) is 5.91 Å². The molecule has 1 amide bonds. The number of benzene rings is 1. The summed E-state index contributed by atoms with van der Waals surface area (Å²) in [6, 6.07) is 7.54. The van der Waals surface area contributed by atoms with Crippen molar-refractivity contribution in [3.8, 4) is 11.4 Å². The number of aromatic nitrogens is 3. The molecule has 0 saturated heterocycles. The van der Waals surface area contributed by atoms with Gasteiger partial charge in [-0.3, -0.25) is 4.79 Å². The molecule has 1 aliphatic carbocycles. The standard InChI is InChI=1S/C16H19ClN4OS/c1-20(9-11-7-8-11)14(22)10-23-16-19-18-15(21(16)2)12-5-3-4-6-13(12)17/h3-6,11H,7-10H2,1-2H3. The summed E-state index contributed by atoms with van der Waals surface area (Å²) >= 11 is 7.62. The van der Waals surface area contributed by atoms with Crippen molar-refractivity contribution in [2.24, 2.45) is 13.0 Å². The molecule has 0 unspecified atom stereocenters. The van der Waals surface area contributed by atoms with Crippen molar-refractivity contribution in [1.29, 1.82) is 0 Å². The van der Waals surface area contributed by atoms with Gasteiger partial charge >= 0.3 is 0 Å². The average Bonchev–Trinajstić information content (AvgIpc) is 3.28. The van der Waals surface area contributed by atoms with Crippen LogP contribution in [0.5, 0.6) is 0 Å². The van der Waals surface area contributed by atoms with Gasteiger partial charge in [-0.15, -0.1) is 10.2 Å². The molecule has 2 aromatic rings. The molecule has 0 atom stereocenters. The van der Waals surface area contributed by atoms with E-state index < -0.39 is 0 Å². The van der Waals surface area contributed by atoms with Crippen molar-refractivity contribution in [1.82, 2.24) is 19.7 Å². The van der Waals surface area contributed by atoms with Crippen LogP contribution in [-0.4, -0.2) is 44.9 Å². The van der Waals surface area contributed by atoms with Gasteiger partial charge in [-0.05, 0) is 30.9 Å². The van der Waals surface area contributed by atoms with Gasteiger partial charge in [-0.25, -0.2) is 0 Å². The minimum absolute atomic E-state index is 0.129. The molecule has 122 valence electrons. The molecule has 1 aliphatic rings. The van der Waals surface area contributed by atoms with Crippen molar-refractivity contribution in [2.75, 3.05) is 19.3 Å². The molecule has 0 N–H and O–H groups in total. The van der Waals surface area contributed by atoms with Crippen LogP contribution in [0.4, 0.5) is 0 Å². The highest BCUT2D eigenvalue weighted by molar-refractivity contribution is 7.99. The predicted octanol–water partition coefficient (Wildman–Crippen LogP) is 3.10. The number of hydrogen-bond acceptors (Lipinski definition) is 4. The minimum atomic E-state index is 0.129. The number of carbonyl (C=O) groups is 1. The van der Waals surface area contributed by atoms with Crippen LogP contribution in [0.25, 0.3) is 11.4 Å². The van der Waals surface area contributed by atoms with Crippen molar-refractivity contribution in [3.63, 3.8) is 0 Å². The molecule has 1 fully saturated rings. The summed E-state index contributed by atoms with van der Waals surface area (Å²) in [6.45, 7) is 0.864. The quantitative estimate of drug-likeness (QED) is 0.751. The fourth-order valence-corrected chi connectivity index (χ4v) is 3.42. The first-order valence-corrected chi connectivity index (χ1v) is 8.93. The number of rotatable bonds is 6. The maximum Gasteiger partial charge on any atom is 0.232 e. The van der Waals surface area contributed by atoms with Crippen LogP contribution in [0.15, 0.2) is 29.4 Å². The zero-order chi connectivity index (χ0) is 16.4. The first kappa shape index (κ1) is 16.3. The van der Waals surface area contributed by atoms with Gasteiger partial charge in [0.05, 0.1) is 10.8 Å². The fourth-order valence-electron chi connectivity index (χ4n) is 2.34. The van der Waals surface area contributed by atoms with Gasteiger partial charge in [0.2, 0.25) is 5.91 Å². The Hall–Kier alpha value is -1.53. The average molecular weight is 351 g/mol. The minimum Gasteiger partial charge on any atom is -0.345 e. The van der Waals surface area contributed by atoms with Crippen LogP contribution in [0.3, 0.4) is 0 Å². The molecule has 5 nitrogen and oxygen atoms in total. The van der Waals surface area contributed by atoms with Crippen molar-refractivity contribution in [2.45, 2.75) is 18.0 Å². The third-order valence-electron chi connectivity index (χ3n) is 3.93. The largest absolute Gasteiger partial charge is 0.345 e. The Morgan fingerprint density at radius 3 is 2.83 bits per heavy atom. The van der Waals surface area contributed by atoms with Crippen molar-refractivity contribution < 1.29 is 4.79 Å². The molecule has 1 saturated carbocycles. The number of carbonyl (C=O) groups excluding carboxylic acids is 1. The summed E-state index contributed by atoms with van der Waals surface area (Å²) in [6.07, 6.45) is 2.49. The van der Waals surface area contributed by atoms with E-state index in [9.17, 15) is 4.79 Å². The molecule has 0 spiro atoms. The number of hydrogen-bond donors (Lipinski definition) is 0. The van der Waals surface area contributed by atoms with E-state index in [2.05, 4.69) is 10.2 Å². The topological polar surface area (TPSA) is 51.0 Å².